The molecule has 0 saturated carbocycles. The first-order chi connectivity index (χ1) is 13.1. The smallest absolute Gasteiger partial charge is 0.247 e. The van der Waals surface area contributed by atoms with Gasteiger partial charge in [0.1, 0.15) is 0 Å². The minimum Gasteiger partial charge on any atom is -0.493 e. The Morgan fingerprint density at radius 3 is 2.26 bits per heavy atom. The van der Waals surface area contributed by atoms with Gasteiger partial charge < -0.3 is 19.1 Å². The Balaban J connectivity index is 2.03. The van der Waals surface area contributed by atoms with E-state index in [0.29, 0.717) is 42.8 Å². The van der Waals surface area contributed by atoms with Gasteiger partial charge in [0.15, 0.2) is 11.5 Å². The highest BCUT2D eigenvalue weighted by Crippen LogP contribution is 2.33. The number of nitrogens with zero attached hydrogens (tertiary/aromatic N) is 1. The second-order valence-electron chi connectivity index (χ2n) is 6.07. The summed E-state index contributed by atoms with van der Waals surface area (Å²) in [5.41, 5.74) is 2.55. The Kier molecular flexibility index (Phi) is 6.37. The molecule has 0 aromatic heterocycles. The maximum absolute atomic E-state index is 12.8. The van der Waals surface area contributed by atoms with Gasteiger partial charge in [-0.05, 0) is 41.0 Å². The maximum atomic E-state index is 12.8. The molecule has 1 amide bonds. The highest BCUT2D eigenvalue weighted by Gasteiger charge is 2.17. The first-order valence-electron chi connectivity index (χ1n) is 8.69. The molecule has 1 heterocycles. The summed E-state index contributed by atoms with van der Waals surface area (Å²) in [7, 11) is 3.18. The first kappa shape index (κ1) is 19.3. The molecule has 1 aliphatic heterocycles. The van der Waals surface area contributed by atoms with E-state index in [9.17, 15) is 4.79 Å². The van der Waals surface area contributed by atoms with Crippen LogP contribution in [-0.2, 0) is 9.53 Å². The zero-order valence-corrected chi connectivity index (χ0v) is 16.2. The molecule has 6 heteroatoms. The fourth-order valence-corrected chi connectivity index (χ4v) is 3.09. The fraction of sp³-hybridized carbons (Fsp3) is 0.286. The van der Waals surface area contributed by atoms with Gasteiger partial charge in [-0.2, -0.15) is 0 Å². The van der Waals surface area contributed by atoms with E-state index in [0.717, 1.165) is 16.7 Å². The number of rotatable bonds is 5. The zero-order chi connectivity index (χ0) is 19.2. The van der Waals surface area contributed by atoms with Crippen molar-refractivity contribution in [3.05, 3.63) is 64.7 Å². The van der Waals surface area contributed by atoms with Gasteiger partial charge in [-0.25, -0.2) is 0 Å². The molecule has 27 heavy (non-hydrogen) atoms. The van der Waals surface area contributed by atoms with E-state index in [4.69, 9.17) is 25.8 Å². The number of ether oxygens (including phenoxy) is 3. The summed E-state index contributed by atoms with van der Waals surface area (Å²) in [5.74, 6) is 1.20. The molecule has 0 N–H and O–H groups in total. The number of hydrogen-bond donors (Lipinski definition) is 0. The average Bonchev–Trinajstić information content (AvgIpc) is 2.72. The standard InChI is InChI=1S/C21H22ClNO4/c1-25-19-8-5-16(13-20(19)26-2)18(15-3-6-17(22)7-4-15)14-21(24)23-9-11-27-12-10-23/h3-8,13-14H,9-12H2,1-2H3/b18-14+/i18+1. The lowest BCUT2D eigenvalue weighted by atomic mass is 10.1. The number of carbonyl (C=O) groups excluding carboxylic acids is 1. The summed E-state index contributed by atoms with van der Waals surface area (Å²) in [6.45, 7) is 2.31. The van der Waals surface area contributed by atoms with Gasteiger partial charge in [0.05, 0.1) is 27.4 Å². The molecule has 5 nitrogen and oxygen atoms in total. The summed E-state index contributed by atoms with van der Waals surface area (Å²) in [4.78, 5) is 14.6. The van der Waals surface area contributed by atoms with Gasteiger partial charge >= 0.3 is 0 Å². The lowest BCUT2D eigenvalue weighted by molar-refractivity contribution is -0.129. The zero-order valence-electron chi connectivity index (χ0n) is 15.4. The summed E-state index contributed by atoms with van der Waals surface area (Å²) < 4.78 is 16.1. The number of carbonyl (C=O) groups is 1. The Hall–Kier alpha value is -2.50. The van der Waals surface area contributed by atoms with Crippen LogP contribution in [-0.4, -0.2) is 51.3 Å². The molecule has 0 spiro atoms. The van der Waals surface area contributed by atoms with Crippen LogP contribution in [0.3, 0.4) is 0 Å². The lowest BCUT2D eigenvalue weighted by Crippen LogP contribution is -2.39. The van der Waals surface area contributed by atoms with Crippen molar-refractivity contribution in [2.45, 2.75) is 0 Å². The molecule has 2 aromatic carbocycles. The highest BCUT2D eigenvalue weighted by atomic mass is 35.5. The number of hydrogen-bond acceptors (Lipinski definition) is 4. The van der Waals surface area contributed by atoms with Crippen molar-refractivity contribution >= 4 is 23.1 Å². The minimum atomic E-state index is -0.0435. The van der Waals surface area contributed by atoms with Crippen LogP contribution in [0.2, 0.25) is 5.02 Å². The first-order valence-corrected chi connectivity index (χ1v) is 9.07. The molecule has 1 aliphatic rings. The molecule has 142 valence electrons. The number of halogens is 1. The van der Waals surface area contributed by atoms with E-state index in [-0.39, 0.29) is 5.91 Å². The normalized spacial score (nSPS) is 14.8. The van der Waals surface area contributed by atoms with E-state index in [1.54, 1.807) is 25.2 Å². The third-order valence-electron chi connectivity index (χ3n) is 4.44. The Morgan fingerprint density at radius 2 is 1.63 bits per heavy atom. The molecule has 0 radical (unpaired) electrons. The van der Waals surface area contributed by atoms with E-state index in [1.807, 2.05) is 42.5 Å². The Morgan fingerprint density at radius 1 is 1.00 bits per heavy atom. The second kappa shape index (κ2) is 8.93. The summed E-state index contributed by atoms with van der Waals surface area (Å²) >= 11 is 6.03. The quantitative estimate of drug-likeness (QED) is 0.579. The summed E-state index contributed by atoms with van der Waals surface area (Å²) in [5, 5.41) is 0.643. The van der Waals surface area contributed by atoms with Gasteiger partial charge in [-0.3, -0.25) is 4.79 Å². The molecule has 1 fully saturated rings. The van der Waals surface area contributed by atoms with E-state index in [1.165, 1.54) is 0 Å². The van der Waals surface area contributed by atoms with Crippen LogP contribution >= 0.6 is 11.6 Å². The summed E-state index contributed by atoms with van der Waals surface area (Å²) in [6.07, 6.45) is 1.66. The minimum absolute atomic E-state index is 0.0435. The lowest BCUT2D eigenvalue weighted by Gasteiger charge is -2.26. The molecule has 2 aromatic rings. The molecule has 3 rings (SSSR count). The molecule has 0 unspecified atom stereocenters. The predicted molar refractivity (Wildman–Crippen MR) is 105 cm³/mol. The van der Waals surface area contributed by atoms with Crippen LogP contribution in [0.25, 0.3) is 5.57 Å². The maximum Gasteiger partial charge on any atom is 0.247 e. The Labute approximate surface area is 164 Å². The van der Waals surface area contributed by atoms with Crippen LogP contribution in [0.4, 0.5) is 0 Å². The topological polar surface area (TPSA) is 48.0 Å². The number of morpholine rings is 1. The van der Waals surface area contributed by atoms with Gasteiger partial charge in [0.2, 0.25) is 5.91 Å². The highest BCUT2D eigenvalue weighted by molar-refractivity contribution is 6.30. The molecular formula is C21H22ClNO4. The average molecular weight is 389 g/mol. The van der Waals surface area contributed by atoms with E-state index in [2.05, 4.69) is 0 Å². The van der Waals surface area contributed by atoms with Crippen molar-refractivity contribution < 1.29 is 19.0 Å². The number of benzene rings is 2. The van der Waals surface area contributed by atoms with Crippen molar-refractivity contribution in [3.8, 4) is 11.5 Å². The predicted octanol–water partition coefficient (Wildman–Crippen LogP) is 3.65. The Bertz CT molecular complexity index is 827. The fourth-order valence-electron chi connectivity index (χ4n) is 2.97. The number of methoxy groups -OCH3 is 2. The SMILES string of the molecule is COc1ccc(/[13C](=C/C(=O)N2CCOCC2)c2ccc(Cl)cc2)cc1OC. The van der Waals surface area contributed by atoms with E-state index >= 15 is 0 Å². The van der Waals surface area contributed by atoms with Crippen LogP contribution in [0.15, 0.2) is 48.5 Å². The molecular weight excluding hydrogens is 367 g/mol. The van der Waals surface area contributed by atoms with Gasteiger partial charge in [-0.15, -0.1) is 0 Å². The van der Waals surface area contributed by atoms with Crippen LogP contribution in [0, 0.1) is 0 Å². The van der Waals surface area contributed by atoms with Crippen LogP contribution in [0.5, 0.6) is 11.5 Å². The molecule has 0 aliphatic carbocycles. The van der Waals surface area contributed by atoms with Crippen molar-refractivity contribution in [2.24, 2.45) is 0 Å². The third-order valence-corrected chi connectivity index (χ3v) is 4.69. The summed E-state index contributed by atoms with van der Waals surface area (Å²) in [6, 6.07) is 13.0. The van der Waals surface area contributed by atoms with Crippen LogP contribution in [0.1, 0.15) is 11.1 Å². The van der Waals surface area contributed by atoms with Crippen molar-refractivity contribution in [1.82, 2.24) is 4.90 Å². The second-order valence-corrected chi connectivity index (χ2v) is 6.51. The van der Waals surface area contributed by atoms with Gasteiger partial charge in [0, 0.05) is 24.2 Å². The van der Waals surface area contributed by atoms with E-state index < -0.39 is 0 Å². The number of amides is 1. The molecule has 0 atom stereocenters. The molecule has 1 saturated heterocycles. The van der Waals surface area contributed by atoms with Crippen LogP contribution < -0.4 is 9.47 Å². The van der Waals surface area contributed by atoms with Crippen molar-refractivity contribution in [2.75, 3.05) is 40.5 Å². The van der Waals surface area contributed by atoms with Crippen molar-refractivity contribution in [1.29, 1.82) is 0 Å². The van der Waals surface area contributed by atoms with Crippen molar-refractivity contribution in [3.63, 3.8) is 0 Å². The van der Waals surface area contributed by atoms with Gasteiger partial charge in [-0.1, -0.05) is 29.8 Å². The monoisotopic (exact) mass is 388 g/mol. The third kappa shape index (κ3) is 4.62. The van der Waals surface area contributed by atoms with Gasteiger partial charge in [0.25, 0.3) is 0 Å². The largest absolute Gasteiger partial charge is 0.493 e. The molecule has 0 bridgehead atoms.